The van der Waals surface area contributed by atoms with Crippen LogP contribution in [-0.4, -0.2) is 17.2 Å². The Morgan fingerprint density at radius 3 is 2.54 bits per heavy atom. The summed E-state index contributed by atoms with van der Waals surface area (Å²) in [5.74, 6) is 1.56. The van der Waals surface area contributed by atoms with Gasteiger partial charge in [0.1, 0.15) is 5.75 Å². The number of rotatable bonds is 5. The van der Waals surface area contributed by atoms with E-state index in [0.29, 0.717) is 28.4 Å². The molecule has 0 saturated carbocycles. The fraction of sp³-hybridized carbons (Fsp3) is 0.0952. The van der Waals surface area contributed by atoms with E-state index in [2.05, 4.69) is 5.16 Å². The Morgan fingerprint density at radius 1 is 1.00 bits per heavy atom. The van der Waals surface area contributed by atoms with Gasteiger partial charge in [-0.2, -0.15) is 0 Å². The van der Waals surface area contributed by atoms with E-state index in [1.54, 1.807) is 31.4 Å². The first-order chi connectivity index (χ1) is 13.6. The van der Waals surface area contributed by atoms with E-state index >= 15 is 0 Å². The van der Waals surface area contributed by atoms with Crippen molar-refractivity contribution < 1.29 is 18.9 Å². The lowest BCUT2D eigenvalue weighted by atomic mass is 10.0. The van der Waals surface area contributed by atoms with Gasteiger partial charge in [-0.15, -0.1) is 0 Å². The standard InChI is InChI=1S/C21H16N2O5/c1-13-16-11-14(7-9-19(16)28-22-13)17-12-15(23(24)25)8-10-18(17)27-21-6-4-3-5-20(21)26-2/h3-12H,1-2H3. The van der Waals surface area contributed by atoms with Gasteiger partial charge in [0.25, 0.3) is 5.69 Å². The van der Waals surface area contributed by atoms with Crippen molar-refractivity contribution in [2.24, 2.45) is 0 Å². The number of aryl methyl sites for hydroxylation is 1. The van der Waals surface area contributed by atoms with Gasteiger partial charge in [0.15, 0.2) is 17.1 Å². The van der Waals surface area contributed by atoms with Crippen LogP contribution in [0.4, 0.5) is 5.69 Å². The average molecular weight is 376 g/mol. The molecule has 0 saturated heterocycles. The second kappa shape index (κ2) is 7.03. The summed E-state index contributed by atoms with van der Waals surface area (Å²) < 4.78 is 16.6. The predicted molar refractivity (Wildman–Crippen MR) is 104 cm³/mol. The van der Waals surface area contributed by atoms with Gasteiger partial charge in [-0.3, -0.25) is 10.1 Å². The van der Waals surface area contributed by atoms with E-state index in [-0.39, 0.29) is 5.69 Å². The number of fused-ring (bicyclic) bond motifs is 1. The van der Waals surface area contributed by atoms with Crippen LogP contribution in [0, 0.1) is 17.0 Å². The van der Waals surface area contributed by atoms with E-state index in [9.17, 15) is 10.1 Å². The van der Waals surface area contributed by atoms with Crippen LogP contribution in [0.3, 0.4) is 0 Å². The molecule has 0 radical (unpaired) electrons. The van der Waals surface area contributed by atoms with E-state index < -0.39 is 4.92 Å². The van der Waals surface area contributed by atoms with Crippen molar-refractivity contribution in [2.75, 3.05) is 7.11 Å². The molecule has 0 aliphatic carbocycles. The van der Waals surface area contributed by atoms with Crippen molar-refractivity contribution >= 4 is 16.7 Å². The second-order valence-corrected chi connectivity index (χ2v) is 6.17. The van der Waals surface area contributed by atoms with Gasteiger partial charge in [0.2, 0.25) is 0 Å². The van der Waals surface area contributed by atoms with Crippen LogP contribution >= 0.6 is 0 Å². The minimum atomic E-state index is -0.431. The molecule has 4 aromatic rings. The fourth-order valence-electron chi connectivity index (χ4n) is 2.99. The maximum atomic E-state index is 11.3. The summed E-state index contributed by atoms with van der Waals surface area (Å²) in [7, 11) is 1.56. The molecule has 7 heteroatoms. The maximum Gasteiger partial charge on any atom is 0.270 e. The molecule has 0 spiro atoms. The van der Waals surface area contributed by atoms with Crippen molar-refractivity contribution in [2.45, 2.75) is 6.92 Å². The minimum absolute atomic E-state index is 0.0236. The smallest absolute Gasteiger partial charge is 0.270 e. The summed E-state index contributed by atoms with van der Waals surface area (Å²) in [4.78, 5) is 10.9. The Kier molecular flexibility index (Phi) is 4.41. The van der Waals surface area contributed by atoms with Crippen LogP contribution in [0.25, 0.3) is 22.1 Å². The van der Waals surface area contributed by atoms with E-state index in [1.807, 2.05) is 31.2 Å². The van der Waals surface area contributed by atoms with Crippen molar-refractivity contribution in [1.82, 2.24) is 5.16 Å². The number of nitrogens with zero attached hydrogens (tertiary/aromatic N) is 2. The third-order valence-electron chi connectivity index (χ3n) is 4.42. The molecule has 0 atom stereocenters. The molecule has 0 amide bonds. The normalized spacial score (nSPS) is 10.8. The number of benzene rings is 3. The summed E-state index contributed by atoms with van der Waals surface area (Å²) in [5.41, 5.74) is 2.72. The summed E-state index contributed by atoms with van der Waals surface area (Å²) in [6.45, 7) is 1.84. The van der Waals surface area contributed by atoms with Gasteiger partial charge in [0, 0.05) is 23.1 Å². The monoisotopic (exact) mass is 376 g/mol. The first-order valence-corrected chi connectivity index (χ1v) is 8.52. The van der Waals surface area contributed by atoms with E-state index in [1.165, 1.54) is 12.1 Å². The number of methoxy groups -OCH3 is 1. The average Bonchev–Trinajstić information content (AvgIpc) is 3.09. The Labute approximate surface area is 160 Å². The van der Waals surface area contributed by atoms with Gasteiger partial charge >= 0.3 is 0 Å². The van der Waals surface area contributed by atoms with Gasteiger partial charge in [-0.1, -0.05) is 23.4 Å². The Balaban J connectivity index is 1.86. The van der Waals surface area contributed by atoms with Gasteiger partial charge in [-0.05, 0) is 42.8 Å². The van der Waals surface area contributed by atoms with E-state index in [0.717, 1.165) is 16.6 Å². The largest absolute Gasteiger partial charge is 0.493 e. The third kappa shape index (κ3) is 3.14. The highest BCUT2D eigenvalue weighted by Gasteiger charge is 2.17. The van der Waals surface area contributed by atoms with Gasteiger partial charge in [-0.25, -0.2) is 0 Å². The topological polar surface area (TPSA) is 87.6 Å². The maximum absolute atomic E-state index is 11.3. The predicted octanol–water partition coefficient (Wildman–Crippen LogP) is 5.51. The van der Waals surface area contributed by atoms with Crippen LogP contribution in [0.15, 0.2) is 65.2 Å². The Bertz CT molecular complexity index is 1180. The molecule has 7 nitrogen and oxygen atoms in total. The highest BCUT2D eigenvalue weighted by Crippen LogP contribution is 2.39. The molecule has 4 rings (SSSR count). The lowest BCUT2D eigenvalue weighted by Gasteiger charge is -2.14. The Morgan fingerprint density at radius 2 is 1.79 bits per heavy atom. The number of hydrogen-bond acceptors (Lipinski definition) is 6. The van der Waals surface area contributed by atoms with Crippen LogP contribution in [0.2, 0.25) is 0 Å². The minimum Gasteiger partial charge on any atom is -0.493 e. The molecule has 0 aliphatic rings. The number of nitro groups is 1. The number of aromatic nitrogens is 1. The quantitative estimate of drug-likeness (QED) is 0.337. The molecule has 0 fully saturated rings. The molecule has 0 aliphatic heterocycles. The van der Waals surface area contributed by atoms with Crippen LogP contribution in [0.5, 0.6) is 17.2 Å². The molecular formula is C21H16N2O5. The van der Waals surface area contributed by atoms with Crippen molar-refractivity contribution in [3.63, 3.8) is 0 Å². The summed E-state index contributed by atoms with van der Waals surface area (Å²) >= 11 is 0. The van der Waals surface area contributed by atoms with Gasteiger partial charge < -0.3 is 14.0 Å². The lowest BCUT2D eigenvalue weighted by Crippen LogP contribution is -1.94. The van der Waals surface area contributed by atoms with Gasteiger partial charge in [0.05, 0.1) is 17.7 Å². The highest BCUT2D eigenvalue weighted by molar-refractivity contribution is 5.87. The molecular weight excluding hydrogens is 360 g/mol. The Hall–Kier alpha value is -3.87. The molecule has 1 heterocycles. The van der Waals surface area contributed by atoms with Crippen LogP contribution < -0.4 is 9.47 Å². The fourth-order valence-corrected chi connectivity index (χ4v) is 2.99. The lowest BCUT2D eigenvalue weighted by molar-refractivity contribution is -0.384. The van der Waals surface area contributed by atoms with Crippen LogP contribution in [0.1, 0.15) is 5.69 Å². The number of nitro benzene ring substituents is 1. The van der Waals surface area contributed by atoms with Crippen molar-refractivity contribution in [1.29, 1.82) is 0 Å². The zero-order valence-electron chi connectivity index (χ0n) is 15.2. The SMILES string of the molecule is COc1ccccc1Oc1ccc([N+](=O)[O-])cc1-c1ccc2onc(C)c2c1. The molecule has 140 valence electrons. The third-order valence-corrected chi connectivity index (χ3v) is 4.42. The molecule has 28 heavy (non-hydrogen) atoms. The summed E-state index contributed by atoms with van der Waals surface area (Å²) in [6, 6.07) is 17.2. The zero-order valence-corrected chi connectivity index (χ0v) is 15.2. The molecule has 1 aromatic heterocycles. The van der Waals surface area contributed by atoms with Crippen LogP contribution in [-0.2, 0) is 0 Å². The number of ether oxygens (including phenoxy) is 2. The second-order valence-electron chi connectivity index (χ2n) is 6.17. The zero-order chi connectivity index (χ0) is 19.7. The highest BCUT2D eigenvalue weighted by atomic mass is 16.6. The molecule has 0 unspecified atom stereocenters. The number of para-hydroxylation sites is 2. The molecule has 0 bridgehead atoms. The molecule has 3 aromatic carbocycles. The number of non-ortho nitro benzene ring substituents is 1. The van der Waals surface area contributed by atoms with E-state index in [4.69, 9.17) is 14.0 Å². The van der Waals surface area contributed by atoms with Crippen molar-refractivity contribution in [3.05, 3.63) is 76.5 Å². The number of hydrogen-bond donors (Lipinski definition) is 0. The first-order valence-electron chi connectivity index (χ1n) is 8.52. The molecule has 0 N–H and O–H groups in total. The first kappa shape index (κ1) is 17.5. The van der Waals surface area contributed by atoms with Crippen molar-refractivity contribution in [3.8, 4) is 28.4 Å². The summed E-state index contributed by atoms with van der Waals surface area (Å²) in [6.07, 6.45) is 0. The summed E-state index contributed by atoms with van der Waals surface area (Å²) in [5, 5.41) is 16.1.